The van der Waals surface area contributed by atoms with Gasteiger partial charge in [-0.2, -0.15) is 11.8 Å². The topological polar surface area (TPSA) is 35.5 Å². The van der Waals surface area contributed by atoms with Gasteiger partial charge in [0.15, 0.2) is 0 Å². The number of carbonyl (C=O) groups excluding carboxylic acids is 1. The fraction of sp³-hybridized carbons (Fsp3) is 0.533. The molecule has 0 radical (unpaired) electrons. The highest BCUT2D eigenvalue weighted by molar-refractivity contribution is 7.99. The number of hydrogen-bond acceptors (Lipinski definition) is 4. The van der Waals surface area contributed by atoms with Crippen molar-refractivity contribution in [2.75, 3.05) is 25.2 Å². The molecule has 110 valence electrons. The highest BCUT2D eigenvalue weighted by Crippen LogP contribution is 2.30. The zero-order valence-electron chi connectivity index (χ0n) is 11.5. The number of esters is 1. The molecular weight excluding hydrogens is 279 g/mol. The Bertz CT molecular complexity index is 429. The second kappa shape index (κ2) is 7.53. The number of thioether (sulfide) groups is 1. The van der Waals surface area contributed by atoms with Gasteiger partial charge in [0.25, 0.3) is 0 Å². The first-order valence-electron chi connectivity index (χ1n) is 6.74. The molecule has 1 fully saturated rings. The lowest BCUT2D eigenvalue weighted by Crippen LogP contribution is -2.32. The van der Waals surface area contributed by atoms with Gasteiger partial charge in [-0.1, -0.05) is 0 Å². The first-order valence-corrected chi connectivity index (χ1v) is 7.90. The van der Waals surface area contributed by atoms with Gasteiger partial charge in [-0.15, -0.1) is 0 Å². The van der Waals surface area contributed by atoms with Gasteiger partial charge in [-0.3, -0.25) is 4.79 Å². The Balaban J connectivity index is 1.96. The average Bonchev–Trinajstić information content (AvgIpc) is 2.50. The Labute approximate surface area is 122 Å². The Morgan fingerprint density at radius 1 is 1.35 bits per heavy atom. The van der Waals surface area contributed by atoms with Crippen LogP contribution in [0.2, 0.25) is 0 Å². The van der Waals surface area contributed by atoms with E-state index in [1.165, 1.54) is 19.2 Å². The van der Waals surface area contributed by atoms with E-state index in [0.717, 1.165) is 24.3 Å². The zero-order chi connectivity index (χ0) is 14.4. The van der Waals surface area contributed by atoms with Gasteiger partial charge in [-0.25, -0.2) is 4.39 Å². The molecule has 0 saturated carbocycles. The number of rotatable bonds is 5. The van der Waals surface area contributed by atoms with Crippen molar-refractivity contribution in [2.45, 2.75) is 12.8 Å². The molecule has 3 nitrogen and oxygen atoms in total. The molecule has 1 aliphatic rings. The average molecular weight is 298 g/mol. The summed E-state index contributed by atoms with van der Waals surface area (Å²) in [6.45, 7) is 0.285. The van der Waals surface area contributed by atoms with E-state index in [9.17, 15) is 9.18 Å². The quantitative estimate of drug-likeness (QED) is 0.782. The minimum Gasteiger partial charge on any atom is -0.493 e. The van der Waals surface area contributed by atoms with Gasteiger partial charge in [0.2, 0.25) is 0 Å². The standard InChI is InChI=1S/C15H19FO3S/c1-18-15(17)14(11-6-8-20-9-7-11)10-19-13-4-2-12(16)3-5-13/h2-5,11,14H,6-10H2,1H3. The maximum Gasteiger partial charge on any atom is 0.312 e. The zero-order valence-corrected chi connectivity index (χ0v) is 12.3. The predicted octanol–water partition coefficient (Wildman–Crippen LogP) is 3.14. The van der Waals surface area contributed by atoms with Crippen molar-refractivity contribution in [1.82, 2.24) is 0 Å². The van der Waals surface area contributed by atoms with Crippen molar-refractivity contribution in [1.29, 1.82) is 0 Å². The minimum atomic E-state index is -0.300. The van der Waals surface area contributed by atoms with Crippen LogP contribution in [0.3, 0.4) is 0 Å². The molecular formula is C15H19FO3S. The smallest absolute Gasteiger partial charge is 0.312 e. The van der Waals surface area contributed by atoms with Crippen LogP contribution in [0.25, 0.3) is 0 Å². The van der Waals surface area contributed by atoms with Crippen molar-refractivity contribution in [3.8, 4) is 5.75 Å². The van der Waals surface area contributed by atoms with E-state index in [1.54, 1.807) is 12.1 Å². The van der Waals surface area contributed by atoms with Gasteiger partial charge < -0.3 is 9.47 Å². The van der Waals surface area contributed by atoms with E-state index >= 15 is 0 Å². The Kier molecular flexibility index (Phi) is 5.71. The molecule has 0 bridgehead atoms. The second-order valence-electron chi connectivity index (χ2n) is 4.84. The van der Waals surface area contributed by atoms with Crippen LogP contribution in [-0.2, 0) is 9.53 Å². The maximum atomic E-state index is 12.8. The van der Waals surface area contributed by atoms with E-state index in [0.29, 0.717) is 11.7 Å². The van der Waals surface area contributed by atoms with E-state index < -0.39 is 0 Å². The van der Waals surface area contributed by atoms with Crippen molar-refractivity contribution in [3.05, 3.63) is 30.1 Å². The first-order chi connectivity index (χ1) is 9.70. The minimum absolute atomic E-state index is 0.219. The van der Waals surface area contributed by atoms with Crippen molar-refractivity contribution < 1.29 is 18.7 Å². The Morgan fingerprint density at radius 2 is 2.00 bits per heavy atom. The Hall–Kier alpha value is -1.23. The summed E-state index contributed by atoms with van der Waals surface area (Å²) in [6, 6.07) is 5.83. The van der Waals surface area contributed by atoms with E-state index in [4.69, 9.17) is 9.47 Å². The molecule has 0 N–H and O–H groups in total. The summed E-state index contributed by atoms with van der Waals surface area (Å²) in [5, 5.41) is 0. The molecule has 0 amide bonds. The Morgan fingerprint density at radius 3 is 2.60 bits per heavy atom. The third kappa shape index (κ3) is 4.13. The van der Waals surface area contributed by atoms with Gasteiger partial charge in [0, 0.05) is 0 Å². The van der Waals surface area contributed by atoms with E-state index in [-0.39, 0.29) is 24.3 Å². The third-order valence-electron chi connectivity index (χ3n) is 3.58. The summed E-state index contributed by atoms with van der Waals surface area (Å²) in [5.74, 6) is 2.28. The van der Waals surface area contributed by atoms with Crippen LogP contribution < -0.4 is 4.74 Å². The molecule has 1 atom stereocenters. The maximum absolute atomic E-state index is 12.8. The molecule has 0 aliphatic carbocycles. The van der Waals surface area contributed by atoms with E-state index in [2.05, 4.69) is 0 Å². The summed E-state index contributed by atoms with van der Waals surface area (Å²) in [5.41, 5.74) is 0. The number of benzene rings is 1. The van der Waals surface area contributed by atoms with Crippen LogP contribution >= 0.6 is 11.8 Å². The highest BCUT2D eigenvalue weighted by atomic mass is 32.2. The van der Waals surface area contributed by atoms with Crippen LogP contribution in [0.5, 0.6) is 5.75 Å². The number of ether oxygens (including phenoxy) is 2. The fourth-order valence-electron chi connectivity index (χ4n) is 2.38. The number of halogens is 1. The summed E-state index contributed by atoms with van der Waals surface area (Å²) in [4.78, 5) is 11.9. The molecule has 1 saturated heterocycles. The first kappa shape index (κ1) is 15.2. The summed E-state index contributed by atoms with van der Waals surface area (Å²) in [7, 11) is 1.41. The molecule has 1 aromatic carbocycles. The lowest BCUT2D eigenvalue weighted by Gasteiger charge is -2.28. The molecule has 0 aromatic heterocycles. The molecule has 20 heavy (non-hydrogen) atoms. The predicted molar refractivity (Wildman–Crippen MR) is 77.5 cm³/mol. The van der Waals surface area contributed by atoms with Crippen LogP contribution in [0, 0.1) is 17.7 Å². The van der Waals surface area contributed by atoms with Crippen LogP contribution in [0.1, 0.15) is 12.8 Å². The van der Waals surface area contributed by atoms with Crippen molar-refractivity contribution >= 4 is 17.7 Å². The summed E-state index contributed by atoms with van der Waals surface area (Å²) >= 11 is 1.92. The molecule has 1 aliphatic heterocycles. The number of carbonyl (C=O) groups is 1. The largest absolute Gasteiger partial charge is 0.493 e. The molecule has 5 heteroatoms. The second-order valence-corrected chi connectivity index (χ2v) is 6.07. The van der Waals surface area contributed by atoms with Crippen LogP contribution in [0.15, 0.2) is 24.3 Å². The number of methoxy groups -OCH3 is 1. The van der Waals surface area contributed by atoms with Gasteiger partial charge in [-0.05, 0) is 54.5 Å². The van der Waals surface area contributed by atoms with Gasteiger partial charge in [0.05, 0.1) is 13.0 Å². The fourth-order valence-corrected chi connectivity index (χ4v) is 3.53. The van der Waals surface area contributed by atoms with Crippen LogP contribution in [0.4, 0.5) is 4.39 Å². The van der Waals surface area contributed by atoms with Crippen molar-refractivity contribution in [3.63, 3.8) is 0 Å². The molecule has 1 unspecified atom stereocenters. The third-order valence-corrected chi connectivity index (χ3v) is 4.63. The molecule has 2 rings (SSSR count). The van der Waals surface area contributed by atoms with Crippen molar-refractivity contribution in [2.24, 2.45) is 11.8 Å². The lowest BCUT2D eigenvalue weighted by molar-refractivity contribution is -0.148. The van der Waals surface area contributed by atoms with E-state index in [1.807, 2.05) is 11.8 Å². The molecule has 0 spiro atoms. The normalized spacial score (nSPS) is 17.5. The van der Waals surface area contributed by atoms with Crippen LogP contribution in [-0.4, -0.2) is 31.2 Å². The van der Waals surface area contributed by atoms with Gasteiger partial charge in [0.1, 0.15) is 18.2 Å². The molecule has 1 heterocycles. The monoisotopic (exact) mass is 298 g/mol. The van der Waals surface area contributed by atoms with Gasteiger partial charge >= 0.3 is 5.97 Å². The molecule has 1 aromatic rings. The summed E-state index contributed by atoms with van der Waals surface area (Å²) in [6.07, 6.45) is 2.02. The highest BCUT2D eigenvalue weighted by Gasteiger charge is 2.31. The SMILES string of the molecule is COC(=O)C(COc1ccc(F)cc1)C1CCSCC1. The summed E-state index contributed by atoms with van der Waals surface area (Å²) < 4.78 is 23.3. The number of hydrogen-bond donors (Lipinski definition) is 0. The lowest BCUT2D eigenvalue weighted by atomic mass is 9.88.